The molecule has 20 heavy (non-hydrogen) atoms. The van der Waals surface area contributed by atoms with Crippen molar-refractivity contribution in [2.45, 2.75) is 58.7 Å². The summed E-state index contributed by atoms with van der Waals surface area (Å²) in [7, 11) is 0. The van der Waals surface area contributed by atoms with Gasteiger partial charge in [0.25, 0.3) is 0 Å². The predicted octanol–water partition coefficient (Wildman–Crippen LogP) is 2.80. The maximum atomic E-state index is 11.1. The van der Waals surface area contributed by atoms with Gasteiger partial charge in [-0.05, 0) is 42.6 Å². The summed E-state index contributed by atoms with van der Waals surface area (Å²) < 4.78 is 2.97. The zero-order chi connectivity index (χ0) is 14.7. The minimum Gasteiger partial charge on any atom is -0.480 e. The van der Waals surface area contributed by atoms with Crippen LogP contribution in [0, 0.1) is 6.92 Å². The number of hydrogen-bond acceptors (Lipinski definition) is 3. The van der Waals surface area contributed by atoms with Crippen LogP contribution in [0.3, 0.4) is 0 Å². The standard InChI is InChI=1S/C14H22BrN3O2/c1-3-18-12(14(15)10(2)16-18)8-17(9-13(19)20)11-6-4-5-7-11/h11H,3-9H2,1-2H3,(H,19,20). The summed E-state index contributed by atoms with van der Waals surface area (Å²) in [6.07, 6.45) is 4.61. The van der Waals surface area contributed by atoms with Crippen molar-refractivity contribution >= 4 is 21.9 Å². The fraction of sp³-hybridized carbons (Fsp3) is 0.714. The highest BCUT2D eigenvalue weighted by atomic mass is 79.9. The summed E-state index contributed by atoms with van der Waals surface area (Å²) in [4.78, 5) is 13.2. The monoisotopic (exact) mass is 343 g/mol. The Morgan fingerprint density at radius 1 is 1.50 bits per heavy atom. The second-order valence-corrected chi connectivity index (χ2v) is 6.19. The van der Waals surface area contributed by atoms with Crippen molar-refractivity contribution in [3.8, 4) is 0 Å². The predicted molar refractivity (Wildman–Crippen MR) is 80.6 cm³/mol. The quantitative estimate of drug-likeness (QED) is 0.862. The number of hydrogen-bond donors (Lipinski definition) is 1. The number of carboxylic acid groups (broad SMARTS) is 1. The van der Waals surface area contributed by atoms with Crippen molar-refractivity contribution in [3.63, 3.8) is 0 Å². The molecule has 1 aromatic heterocycles. The van der Waals surface area contributed by atoms with Crippen LogP contribution in [0.5, 0.6) is 0 Å². The molecule has 0 saturated heterocycles. The minimum absolute atomic E-state index is 0.102. The largest absolute Gasteiger partial charge is 0.480 e. The van der Waals surface area contributed by atoms with Gasteiger partial charge in [0.15, 0.2) is 0 Å². The summed E-state index contributed by atoms with van der Waals surface area (Å²) in [6.45, 7) is 5.57. The SMILES string of the molecule is CCn1nc(C)c(Br)c1CN(CC(=O)O)C1CCCC1. The number of halogens is 1. The number of carboxylic acids is 1. The van der Waals surface area contributed by atoms with E-state index in [1.165, 1.54) is 12.8 Å². The molecule has 0 bridgehead atoms. The van der Waals surface area contributed by atoms with Crippen LogP contribution in [-0.4, -0.2) is 38.3 Å². The molecular weight excluding hydrogens is 322 g/mol. The molecule has 0 spiro atoms. The summed E-state index contributed by atoms with van der Waals surface area (Å²) in [5, 5.41) is 13.6. The molecular formula is C14H22BrN3O2. The summed E-state index contributed by atoms with van der Waals surface area (Å²) in [6, 6.07) is 0.388. The lowest BCUT2D eigenvalue weighted by Crippen LogP contribution is -2.37. The lowest BCUT2D eigenvalue weighted by molar-refractivity contribution is -0.139. The molecule has 0 aliphatic heterocycles. The molecule has 0 unspecified atom stereocenters. The second-order valence-electron chi connectivity index (χ2n) is 5.40. The lowest BCUT2D eigenvalue weighted by atomic mass is 10.2. The van der Waals surface area contributed by atoms with E-state index in [4.69, 9.17) is 5.11 Å². The number of aliphatic carboxylic acids is 1. The van der Waals surface area contributed by atoms with Crippen molar-refractivity contribution in [1.29, 1.82) is 0 Å². The van der Waals surface area contributed by atoms with Gasteiger partial charge in [-0.1, -0.05) is 12.8 Å². The number of aromatic nitrogens is 2. The van der Waals surface area contributed by atoms with Crippen LogP contribution < -0.4 is 0 Å². The van der Waals surface area contributed by atoms with Gasteiger partial charge in [0.05, 0.1) is 22.4 Å². The zero-order valence-electron chi connectivity index (χ0n) is 12.1. The molecule has 1 fully saturated rings. The molecule has 1 aliphatic rings. The smallest absolute Gasteiger partial charge is 0.317 e. The van der Waals surface area contributed by atoms with Gasteiger partial charge >= 0.3 is 5.97 Å². The van der Waals surface area contributed by atoms with E-state index < -0.39 is 5.97 Å². The molecule has 112 valence electrons. The van der Waals surface area contributed by atoms with Crippen LogP contribution in [0.25, 0.3) is 0 Å². The molecule has 0 atom stereocenters. The molecule has 2 rings (SSSR count). The fourth-order valence-electron chi connectivity index (χ4n) is 2.97. The van der Waals surface area contributed by atoms with Crippen LogP contribution in [0.15, 0.2) is 4.47 Å². The third-order valence-corrected chi connectivity index (χ3v) is 5.02. The van der Waals surface area contributed by atoms with Gasteiger partial charge in [0.1, 0.15) is 0 Å². The molecule has 1 N–H and O–H groups in total. The molecule has 0 radical (unpaired) electrons. The Balaban J connectivity index is 2.20. The molecule has 1 saturated carbocycles. The first-order chi connectivity index (χ1) is 9.52. The van der Waals surface area contributed by atoms with E-state index in [1.54, 1.807) is 0 Å². The number of carbonyl (C=O) groups is 1. The maximum Gasteiger partial charge on any atom is 0.317 e. The van der Waals surface area contributed by atoms with Gasteiger partial charge in [-0.3, -0.25) is 14.4 Å². The van der Waals surface area contributed by atoms with E-state index in [-0.39, 0.29) is 6.54 Å². The highest BCUT2D eigenvalue weighted by Crippen LogP contribution is 2.28. The zero-order valence-corrected chi connectivity index (χ0v) is 13.7. The fourth-order valence-corrected chi connectivity index (χ4v) is 3.38. The molecule has 6 heteroatoms. The third kappa shape index (κ3) is 3.41. The van der Waals surface area contributed by atoms with Crippen molar-refractivity contribution < 1.29 is 9.90 Å². The highest BCUT2D eigenvalue weighted by Gasteiger charge is 2.26. The number of aryl methyl sites for hydroxylation is 2. The van der Waals surface area contributed by atoms with Crippen LogP contribution in [0.1, 0.15) is 44.0 Å². The van der Waals surface area contributed by atoms with Crippen molar-refractivity contribution in [2.75, 3.05) is 6.54 Å². The first-order valence-corrected chi connectivity index (χ1v) is 7.99. The Bertz CT molecular complexity index is 481. The van der Waals surface area contributed by atoms with E-state index in [0.717, 1.165) is 35.2 Å². The van der Waals surface area contributed by atoms with Crippen molar-refractivity contribution in [1.82, 2.24) is 14.7 Å². The van der Waals surface area contributed by atoms with E-state index in [1.807, 2.05) is 11.6 Å². The summed E-state index contributed by atoms with van der Waals surface area (Å²) >= 11 is 3.59. The van der Waals surface area contributed by atoms with Crippen LogP contribution >= 0.6 is 15.9 Å². The van der Waals surface area contributed by atoms with Crippen LogP contribution in [0.2, 0.25) is 0 Å². The van der Waals surface area contributed by atoms with Crippen molar-refractivity contribution in [2.24, 2.45) is 0 Å². The Morgan fingerprint density at radius 3 is 2.70 bits per heavy atom. The van der Waals surface area contributed by atoms with E-state index in [9.17, 15) is 4.79 Å². The number of nitrogens with zero attached hydrogens (tertiary/aromatic N) is 3. The first kappa shape index (κ1) is 15.5. The van der Waals surface area contributed by atoms with Gasteiger partial charge in [0, 0.05) is 19.1 Å². The molecule has 1 heterocycles. The average Bonchev–Trinajstić information content (AvgIpc) is 3.01. The first-order valence-electron chi connectivity index (χ1n) is 7.20. The van der Waals surface area contributed by atoms with Gasteiger partial charge in [-0.25, -0.2) is 0 Å². The Morgan fingerprint density at radius 2 is 2.15 bits per heavy atom. The van der Waals surface area contributed by atoms with Crippen LogP contribution in [0.4, 0.5) is 0 Å². The Labute approximate surface area is 128 Å². The Kier molecular flexibility index (Phi) is 5.21. The normalized spacial score (nSPS) is 16.2. The van der Waals surface area contributed by atoms with Gasteiger partial charge in [0.2, 0.25) is 0 Å². The van der Waals surface area contributed by atoms with Gasteiger partial charge in [-0.2, -0.15) is 5.10 Å². The second kappa shape index (κ2) is 6.72. The van der Waals surface area contributed by atoms with Crippen LogP contribution in [-0.2, 0) is 17.9 Å². The molecule has 1 aromatic rings. The third-order valence-electron chi connectivity index (χ3n) is 3.99. The number of rotatable bonds is 6. The average molecular weight is 344 g/mol. The van der Waals surface area contributed by atoms with E-state index >= 15 is 0 Å². The summed E-state index contributed by atoms with van der Waals surface area (Å²) in [5.41, 5.74) is 2.04. The summed E-state index contributed by atoms with van der Waals surface area (Å²) in [5.74, 6) is -0.757. The maximum absolute atomic E-state index is 11.1. The van der Waals surface area contributed by atoms with Crippen molar-refractivity contribution in [3.05, 3.63) is 15.9 Å². The molecule has 0 amide bonds. The highest BCUT2D eigenvalue weighted by molar-refractivity contribution is 9.10. The van der Waals surface area contributed by atoms with Gasteiger partial charge < -0.3 is 5.11 Å². The topological polar surface area (TPSA) is 58.4 Å². The molecule has 0 aromatic carbocycles. The molecule has 1 aliphatic carbocycles. The lowest BCUT2D eigenvalue weighted by Gasteiger charge is -2.27. The van der Waals surface area contributed by atoms with Gasteiger partial charge in [-0.15, -0.1) is 0 Å². The Hall–Kier alpha value is -0.880. The minimum atomic E-state index is -0.757. The van der Waals surface area contributed by atoms with E-state index in [0.29, 0.717) is 12.6 Å². The van der Waals surface area contributed by atoms with E-state index in [2.05, 4.69) is 32.9 Å². The molecule has 5 nitrogen and oxygen atoms in total.